The Labute approximate surface area is 94.9 Å². The molecule has 3 heteroatoms. The molecule has 2 nitrogen and oxygen atoms in total. The van der Waals surface area contributed by atoms with Crippen LogP contribution in [-0.4, -0.2) is 11.9 Å². The molecule has 1 aliphatic rings. The van der Waals surface area contributed by atoms with E-state index in [0.717, 1.165) is 0 Å². The van der Waals surface area contributed by atoms with E-state index < -0.39 is 0 Å². The van der Waals surface area contributed by atoms with Crippen molar-refractivity contribution in [1.82, 2.24) is 5.32 Å². The molecule has 0 radical (unpaired) electrons. The number of amides is 1. The van der Waals surface area contributed by atoms with E-state index in [-0.39, 0.29) is 17.8 Å². The molecule has 0 spiro atoms. The van der Waals surface area contributed by atoms with Crippen LogP contribution in [0.4, 0.5) is 4.39 Å². The van der Waals surface area contributed by atoms with Gasteiger partial charge in [0.1, 0.15) is 5.82 Å². The quantitative estimate of drug-likeness (QED) is 0.835. The molecule has 1 aromatic carbocycles. The van der Waals surface area contributed by atoms with Crippen LogP contribution in [0.2, 0.25) is 0 Å². The SMILES string of the molecule is CC(NC(=O)c1ccc(F)cc1)C1CCC1. The summed E-state index contributed by atoms with van der Waals surface area (Å²) in [6.07, 6.45) is 3.66. The lowest BCUT2D eigenvalue weighted by molar-refractivity contribution is 0.0909. The van der Waals surface area contributed by atoms with Crippen LogP contribution >= 0.6 is 0 Å². The molecule has 2 rings (SSSR count). The first-order valence-electron chi connectivity index (χ1n) is 5.73. The lowest BCUT2D eigenvalue weighted by Gasteiger charge is -2.31. The molecule has 16 heavy (non-hydrogen) atoms. The monoisotopic (exact) mass is 221 g/mol. The van der Waals surface area contributed by atoms with Crippen molar-refractivity contribution in [2.24, 2.45) is 5.92 Å². The molecule has 1 fully saturated rings. The molecule has 1 aromatic rings. The Morgan fingerprint density at radius 3 is 2.50 bits per heavy atom. The van der Waals surface area contributed by atoms with Crippen molar-refractivity contribution in [1.29, 1.82) is 0 Å². The van der Waals surface area contributed by atoms with Gasteiger partial charge in [-0.25, -0.2) is 4.39 Å². The molecule has 1 N–H and O–H groups in total. The minimum Gasteiger partial charge on any atom is -0.349 e. The summed E-state index contributed by atoms with van der Waals surface area (Å²) >= 11 is 0. The Morgan fingerprint density at radius 1 is 1.38 bits per heavy atom. The van der Waals surface area contributed by atoms with E-state index >= 15 is 0 Å². The fraction of sp³-hybridized carbons (Fsp3) is 0.462. The van der Waals surface area contributed by atoms with Crippen molar-refractivity contribution >= 4 is 5.91 Å². The van der Waals surface area contributed by atoms with E-state index in [1.54, 1.807) is 0 Å². The molecule has 0 aromatic heterocycles. The summed E-state index contributed by atoms with van der Waals surface area (Å²) in [6, 6.07) is 5.86. The Morgan fingerprint density at radius 2 is 2.00 bits per heavy atom. The number of rotatable bonds is 3. The first kappa shape index (κ1) is 11.1. The maximum Gasteiger partial charge on any atom is 0.251 e. The number of hydrogen-bond acceptors (Lipinski definition) is 1. The number of hydrogen-bond donors (Lipinski definition) is 1. The Bertz CT molecular complexity index is 370. The van der Waals surface area contributed by atoms with E-state index in [1.807, 2.05) is 6.92 Å². The van der Waals surface area contributed by atoms with E-state index in [2.05, 4.69) is 5.32 Å². The molecule has 1 unspecified atom stereocenters. The van der Waals surface area contributed by atoms with Crippen LogP contribution in [0.1, 0.15) is 36.5 Å². The first-order chi connectivity index (χ1) is 7.66. The second-order valence-corrected chi connectivity index (χ2v) is 4.46. The third-order valence-corrected chi connectivity index (χ3v) is 3.32. The van der Waals surface area contributed by atoms with Gasteiger partial charge in [0.15, 0.2) is 0 Å². The molecule has 0 heterocycles. The minimum absolute atomic E-state index is 0.112. The van der Waals surface area contributed by atoms with Crippen LogP contribution in [0.25, 0.3) is 0 Å². The molecule has 1 atom stereocenters. The average molecular weight is 221 g/mol. The van der Waals surface area contributed by atoms with Crippen molar-refractivity contribution in [2.45, 2.75) is 32.2 Å². The zero-order chi connectivity index (χ0) is 11.5. The number of halogens is 1. The molecular weight excluding hydrogens is 205 g/mol. The van der Waals surface area contributed by atoms with Gasteiger partial charge in [-0.1, -0.05) is 6.42 Å². The topological polar surface area (TPSA) is 29.1 Å². The van der Waals surface area contributed by atoms with Gasteiger partial charge in [-0.05, 0) is 49.9 Å². The molecular formula is C13H16FNO. The lowest BCUT2D eigenvalue weighted by atomic mass is 9.80. The summed E-state index contributed by atoms with van der Waals surface area (Å²) in [5.74, 6) is 0.187. The zero-order valence-corrected chi connectivity index (χ0v) is 9.37. The normalized spacial score (nSPS) is 17.6. The molecule has 1 aliphatic carbocycles. The second-order valence-electron chi connectivity index (χ2n) is 4.46. The predicted octanol–water partition coefficient (Wildman–Crippen LogP) is 2.74. The summed E-state index contributed by atoms with van der Waals surface area (Å²) in [4.78, 5) is 11.8. The standard InChI is InChI=1S/C13H16FNO/c1-9(10-3-2-4-10)15-13(16)11-5-7-12(14)8-6-11/h5-10H,2-4H2,1H3,(H,15,16). The van der Waals surface area contributed by atoms with Crippen molar-refractivity contribution in [3.63, 3.8) is 0 Å². The largest absolute Gasteiger partial charge is 0.349 e. The van der Waals surface area contributed by atoms with Gasteiger partial charge in [0.05, 0.1) is 0 Å². The van der Waals surface area contributed by atoms with Gasteiger partial charge in [0.25, 0.3) is 5.91 Å². The fourth-order valence-electron chi connectivity index (χ4n) is 1.95. The smallest absolute Gasteiger partial charge is 0.251 e. The Kier molecular flexibility index (Phi) is 3.22. The summed E-state index contributed by atoms with van der Waals surface area (Å²) in [6.45, 7) is 2.03. The molecule has 1 amide bonds. The van der Waals surface area contributed by atoms with Crippen LogP contribution in [-0.2, 0) is 0 Å². The van der Waals surface area contributed by atoms with Crippen LogP contribution in [0.3, 0.4) is 0 Å². The third-order valence-electron chi connectivity index (χ3n) is 3.32. The van der Waals surface area contributed by atoms with Crippen molar-refractivity contribution in [3.8, 4) is 0 Å². The van der Waals surface area contributed by atoms with Crippen LogP contribution in [0, 0.1) is 11.7 Å². The Hall–Kier alpha value is -1.38. The van der Waals surface area contributed by atoms with Crippen LogP contribution < -0.4 is 5.32 Å². The number of carbonyl (C=O) groups is 1. The highest BCUT2D eigenvalue weighted by Crippen LogP contribution is 2.29. The summed E-state index contributed by atoms with van der Waals surface area (Å²) in [5, 5.41) is 2.96. The van der Waals surface area contributed by atoms with Crippen molar-refractivity contribution < 1.29 is 9.18 Å². The maximum absolute atomic E-state index is 12.7. The van der Waals surface area contributed by atoms with Gasteiger partial charge in [-0.3, -0.25) is 4.79 Å². The average Bonchev–Trinajstić information content (AvgIpc) is 2.15. The molecule has 0 saturated heterocycles. The molecule has 0 aliphatic heterocycles. The minimum atomic E-state index is -0.316. The van der Waals surface area contributed by atoms with E-state index in [1.165, 1.54) is 43.5 Å². The molecule has 0 bridgehead atoms. The fourth-order valence-corrected chi connectivity index (χ4v) is 1.95. The highest BCUT2D eigenvalue weighted by molar-refractivity contribution is 5.94. The summed E-state index contributed by atoms with van der Waals surface area (Å²) in [5.41, 5.74) is 0.521. The van der Waals surface area contributed by atoms with Gasteiger partial charge in [-0.2, -0.15) is 0 Å². The van der Waals surface area contributed by atoms with Gasteiger partial charge in [0.2, 0.25) is 0 Å². The lowest BCUT2D eigenvalue weighted by Crippen LogP contribution is -2.40. The highest BCUT2D eigenvalue weighted by atomic mass is 19.1. The van der Waals surface area contributed by atoms with Crippen LogP contribution in [0.5, 0.6) is 0 Å². The highest BCUT2D eigenvalue weighted by Gasteiger charge is 2.25. The first-order valence-corrected chi connectivity index (χ1v) is 5.73. The van der Waals surface area contributed by atoms with Gasteiger partial charge >= 0.3 is 0 Å². The predicted molar refractivity (Wildman–Crippen MR) is 60.7 cm³/mol. The number of benzene rings is 1. The van der Waals surface area contributed by atoms with Gasteiger partial charge in [0, 0.05) is 11.6 Å². The Balaban J connectivity index is 1.94. The third kappa shape index (κ3) is 2.40. The summed E-state index contributed by atoms with van der Waals surface area (Å²) in [7, 11) is 0. The van der Waals surface area contributed by atoms with Gasteiger partial charge in [-0.15, -0.1) is 0 Å². The van der Waals surface area contributed by atoms with E-state index in [9.17, 15) is 9.18 Å². The van der Waals surface area contributed by atoms with Crippen molar-refractivity contribution in [3.05, 3.63) is 35.6 Å². The van der Waals surface area contributed by atoms with Gasteiger partial charge < -0.3 is 5.32 Å². The van der Waals surface area contributed by atoms with E-state index in [0.29, 0.717) is 11.5 Å². The number of nitrogens with one attached hydrogen (secondary N) is 1. The molecule has 86 valence electrons. The summed E-state index contributed by atoms with van der Waals surface area (Å²) < 4.78 is 12.7. The van der Waals surface area contributed by atoms with Crippen LogP contribution in [0.15, 0.2) is 24.3 Å². The maximum atomic E-state index is 12.7. The van der Waals surface area contributed by atoms with Crippen molar-refractivity contribution in [2.75, 3.05) is 0 Å². The number of carbonyl (C=O) groups excluding carboxylic acids is 1. The van der Waals surface area contributed by atoms with E-state index in [4.69, 9.17) is 0 Å². The molecule has 1 saturated carbocycles. The second kappa shape index (κ2) is 4.64. The zero-order valence-electron chi connectivity index (χ0n) is 9.37.